The maximum absolute atomic E-state index is 2.22. The number of fused-ring (bicyclic) bond motifs is 6. The Kier molecular flexibility index (Phi) is 91.0. The zero-order valence-electron chi connectivity index (χ0n) is 19.6. The van der Waals surface area contributed by atoms with E-state index < -0.39 is 0 Å². The van der Waals surface area contributed by atoms with Crippen molar-refractivity contribution in [1.29, 1.82) is 0 Å². The van der Waals surface area contributed by atoms with E-state index in [-0.39, 0.29) is 528 Å². The van der Waals surface area contributed by atoms with Crippen molar-refractivity contribution in [2.45, 2.75) is 12.8 Å². The molecular formula is C26H20Ar14. The molecule has 2 aliphatic rings. The quantitative estimate of drug-likeness (QED) is 0.163. The molecule has 0 saturated heterocycles. The van der Waals surface area contributed by atoms with Gasteiger partial charge in [-0.3, -0.25) is 0 Å². The number of benzene rings is 4. The fourth-order valence-corrected chi connectivity index (χ4v) is 4.16. The summed E-state index contributed by atoms with van der Waals surface area (Å²) in [5.74, 6) is 0. The first kappa shape index (κ1) is 78.8. The van der Waals surface area contributed by atoms with E-state index >= 15 is 0 Å². The Bertz CT molecular complexity index is 950. The van der Waals surface area contributed by atoms with Crippen LogP contribution in [0.2, 0.25) is 0 Å². The molecule has 236 valence electrons. The van der Waals surface area contributed by atoms with Gasteiger partial charge in [0.2, 0.25) is 0 Å². The summed E-state index contributed by atoms with van der Waals surface area (Å²) < 4.78 is 0. The monoisotopic (exact) mass is 892 g/mol. The van der Waals surface area contributed by atoms with Crippen molar-refractivity contribution in [1.82, 2.24) is 0 Å². The molecular weight excluding hydrogens is 872 g/mol. The predicted octanol–water partition coefficient (Wildman–Crippen LogP) is 6.52. The molecule has 14 heteroatoms. The van der Waals surface area contributed by atoms with E-state index in [1.54, 1.807) is 0 Å². The molecule has 0 aromatic heterocycles. The molecule has 0 fully saturated rings. The second kappa shape index (κ2) is 46.2. The fraction of sp³-hybridized carbons (Fsp3) is 0.0769. The van der Waals surface area contributed by atoms with Crippen LogP contribution in [0.5, 0.6) is 0 Å². The van der Waals surface area contributed by atoms with Crippen LogP contribution in [0.15, 0.2) is 97.1 Å². The second-order valence-corrected chi connectivity index (χ2v) is 6.98. The van der Waals surface area contributed by atoms with Crippen molar-refractivity contribution < 1.29 is 528 Å². The Labute approximate surface area is 660 Å². The Morgan fingerprint density at radius 1 is 0.225 bits per heavy atom. The molecule has 0 nitrogen and oxygen atoms in total. The van der Waals surface area contributed by atoms with Gasteiger partial charge in [0.1, 0.15) is 0 Å². The van der Waals surface area contributed by atoms with Crippen LogP contribution in [-0.2, 0) is 12.8 Å². The molecule has 0 bridgehead atoms. The van der Waals surface area contributed by atoms with E-state index in [1.807, 2.05) is 0 Å². The first-order valence-electron chi connectivity index (χ1n) is 9.22. The summed E-state index contributed by atoms with van der Waals surface area (Å²) in [4.78, 5) is 0. The Hall–Kier alpha value is 14.5. The van der Waals surface area contributed by atoms with Crippen LogP contribution >= 0.6 is 0 Å². The largest absolute Gasteiger partial charge is 0.0619 e. The molecule has 0 unspecified atom stereocenters. The Morgan fingerprint density at radius 3 is 0.550 bits per heavy atom. The van der Waals surface area contributed by atoms with E-state index in [0.29, 0.717) is 0 Å². The van der Waals surface area contributed by atoms with Gasteiger partial charge in [-0.05, 0) is 57.3 Å². The van der Waals surface area contributed by atoms with Gasteiger partial charge in [0, 0.05) is 528 Å². The first-order valence-corrected chi connectivity index (χ1v) is 9.22. The third kappa shape index (κ3) is 25.1. The maximum Gasteiger partial charge on any atom is 0 e. The summed E-state index contributed by atoms with van der Waals surface area (Å²) in [6.45, 7) is 0. The first-order chi connectivity index (χ1) is 12.9. The van der Waals surface area contributed by atoms with Crippen LogP contribution in [0, 0.1) is 528 Å². The molecule has 2 aliphatic carbocycles. The van der Waals surface area contributed by atoms with Crippen LogP contribution in [0.4, 0.5) is 0 Å². The Balaban J connectivity index is -0.0000000417. The maximum atomic E-state index is 2.22. The molecule has 6 rings (SSSR count). The van der Waals surface area contributed by atoms with Gasteiger partial charge in [-0.15, -0.1) is 0 Å². The summed E-state index contributed by atoms with van der Waals surface area (Å²) in [6, 6.07) is 34.6. The van der Waals surface area contributed by atoms with Crippen LogP contribution in [-0.4, -0.2) is 0 Å². The standard InChI is InChI=1S/2C13H10.14Ar/c2*1-3-7-12-10(5-1)9-11-6-2-4-8-13(11)12;;;;;;;;;;;;;;/h2*1-8H,9H2;;;;;;;;;;;;;;. The summed E-state index contributed by atoms with van der Waals surface area (Å²) in [5, 5.41) is 0. The molecule has 4 aromatic carbocycles. The minimum Gasteiger partial charge on any atom is -0.0619 e. The van der Waals surface area contributed by atoms with Crippen molar-refractivity contribution in [3.05, 3.63) is 119 Å². The minimum atomic E-state index is 0. The van der Waals surface area contributed by atoms with Crippen molar-refractivity contribution >= 4 is 0 Å². The number of hydrogen-bond donors (Lipinski definition) is 0. The van der Waals surface area contributed by atoms with Gasteiger partial charge < -0.3 is 0 Å². The third-order valence-electron chi connectivity index (χ3n) is 5.41. The average molecular weight is 892 g/mol. The summed E-state index contributed by atoms with van der Waals surface area (Å²) >= 11 is 0. The smallest absolute Gasteiger partial charge is 0 e. The topological polar surface area (TPSA) is 0 Å². The predicted molar refractivity (Wildman–Crippen MR) is 109 cm³/mol. The van der Waals surface area contributed by atoms with Crippen molar-refractivity contribution in [3.8, 4) is 22.3 Å². The molecule has 0 atom stereocenters. The van der Waals surface area contributed by atoms with Crippen LogP contribution < -0.4 is 0 Å². The fourth-order valence-electron chi connectivity index (χ4n) is 4.16. The molecule has 0 N–H and O–H groups in total. The van der Waals surface area contributed by atoms with E-state index in [2.05, 4.69) is 97.1 Å². The summed E-state index contributed by atoms with van der Waals surface area (Å²) in [5.41, 5.74) is 11.5. The van der Waals surface area contributed by atoms with Crippen molar-refractivity contribution in [2.75, 3.05) is 0 Å². The zero-order valence-corrected chi connectivity index (χ0v) is 29.5. The zero-order chi connectivity index (χ0) is 17.3. The van der Waals surface area contributed by atoms with Crippen LogP contribution in [0.3, 0.4) is 0 Å². The third-order valence-corrected chi connectivity index (χ3v) is 5.41. The summed E-state index contributed by atoms with van der Waals surface area (Å²) in [6.07, 6.45) is 2.21. The molecule has 0 saturated carbocycles. The van der Waals surface area contributed by atoms with Gasteiger partial charge in [-0.1, -0.05) is 97.1 Å². The molecule has 0 aliphatic heterocycles. The molecule has 40 heavy (non-hydrogen) atoms. The number of rotatable bonds is 0. The normalized spacial score (nSPS) is 8.00. The SMILES string of the molecule is [Ar].[Ar].[Ar].[Ar].[Ar].[Ar].[Ar].[Ar].[Ar].[Ar].[Ar].[Ar].[Ar].[Ar].c1ccc2c(c1)Cc1ccccc1-2.c1ccc2c(c1)Cc1ccccc1-2. The molecule has 4 aromatic rings. The average Bonchev–Trinajstić information content (AvgIpc) is 3.27. The van der Waals surface area contributed by atoms with Crippen molar-refractivity contribution in [2.24, 2.45) is 0 Å². The molecule has 0 radical (unpaired) electrons. The van der Waals surface area contributed by atoms with Gasteiger partial charge in [0.25, 0.3) is 0 Å². The van der Waals surface area contributed by atoms with E-state index in [0.717, 1.165) is 12.8 Å². The van der Waals surface area contributed by atoms with Crippen LogP contribution in [0.1, 0.15) is 22.3 Å². The van der Waals surface area contributed by atoms with Gasteiger partial charge in [0.05, 0.1) is 0 Å². The van der Waals surface area contributed by atoms with Crippen LogP contribution in [0.25, 0.3) is 22.3 Å². The van der Waals surface area contributed by atoms with E-state index in [4.69, 9.17) is 0 Å². The minimum absolute atomic E-state index is 0. The second-order valence-electron chi connectivity index (χ2n) is 6.98. The molecule has 0 amide bonds. The van der Waals surface area contributed by atoms with Gasteiger partial charge in [0.15, 0.2) is 0 Å². The molecule has 0 spiro atoms. The molecule has 0 heterocycles. The van der Waals surface area contributed by atoms with Gasteiger partial charge in [-0.2, -0.15) is 0 Å². The number of hydrogen-bond acceptors (Lipinski definition) is 0. The Morgan fingerprint density at radius 2 is 0.375 bits per heavy atom. The van der Waals surface area contributed by atoms with Gasteiger partial charge >= 0.3 is 0 Å². The summed E-state index contributed by atoms with van der Waals surface area (Å²) in [7, 11) is 0. The van der Waals surface area contributed by atoms with E-state index in [9.17, 15) is 0 Å². The van der Waals surface area contributed by atoms with Crippen molar-refractivity contribution in [3.63, 3.8) is 0 Å². The van der Waals surface area contributed by atoms with E-state index in [1.165, 1.54) is 44.5 Å². The van der Waals surface area contributed by atoms with Gasteiger partial charge in [-0.25, -0.2) is 0 Å².